The maximum Gasteiger partial charge on any atom is 0.418 e. The number of hydrogen-bond acceptors (Lipinski definition) is 4. The fourth-order valence-electron chi connectivity index (χ4n) is 5.08. The van der Waals surface area contributed by atoms with Crippen LogP contribution < -0.4 is 21.3 Å². The van der Waals surface area contributed by atoms with Crippen LogP contribution in [0, 0.1) is 17.7 Å². The van der Waals surface area contributed by atoms with Gasteiger partial charge in [0, 0.05) is 48.7 Å². The second-order valence-corrected chi connectivity index (χ2v) is 9.64. The van der Waals surface area contributed by atoms with E-state index in [2.05, 4.69) is 15.5 Å². The molecular formula is C26H32F4N4O. The molecule has 5 nitrogen and oxygen atoms in total. The molecule has 1 saturated carbocycles. The van der Waals surface area contributed by atoms with Gasteiger partial charge in [-0.25, -0.2) is 4.39 Å². The smallest absolute Gasteiger partial charge is 0.398 e. The number of rotatable bonds is 6. The molecule has 1 heterocycles. The van der Waals surface area contributed by atoms with E-state index < -0.39 is 11.7 Å². The molecule has 0 radical (unpaired) electrons. The maximum absolute atomic E-state index is 13.1. The number of amides is 1. The zero-order valence-corrected chi connectivity index (χ0v) is 19.6. The summed E-state index contributed by atoms with van der Waals surface area (Å²) >= 11 is 0. The molecule has 35 heavy (non-hydrogen) atoms. The monoisotopic (exact) mass is 492 g/mol. The van der Waals surface area contributed by atoms with Crippen molar-refractivity contribution in [2.45, 2.75) is 50.7 Å². The molecule has 1 aliphatic carbocycles. The number of alkyl halides is 3. The van der Waals surface area contributed by atoms with E-state index in [1.807, 2.05) is 0 Å². The van der Waals surface area contributed by atoms with Gasteiger partial charge < -0.3 is 21.3 Å². The largest absolute Gasteiger partial charge is 0.418 e. The van der Waals surface area contributed by atoms with Crippen LogP contribution in [0.4, 0.5) is 34.6 Å². The SMILES string of the molecule is Nc1ccc(NC2CCC(CNC(=O)C3CCN(c4ccc(F)cc4)CC3)CC2)cc1C(F)(F)F. The van der Waals surface area contributed by atoms with Crippen molar-refractivity contribution >= 4 is 23.0 Å². The molecule has 1 saturated heterocycles. The minimum absolute atomic E-state index is 0.0157. The summed E-state index contributed by atoms with van der Waals surface area (Å²) in [6.07, 6.45) is 0.534. The van der Waals surface area contributed by atoms with Gasteiger partial charge in [0.15, 0.2) is 0 Å². The third-order valence-corrected chi connectivity index (χ3v) is 7.20. The van der Waals surface area contributed by atoms with E-state index in [1.165, 1.54) is 18.2 Å². The molecule has 4 N–H and O–H groups in total. The minimum Gasteiger partial charge on any atom is -0.398 e. The fraction of sp³-hybridized carbons (Fsp3) is 0.500. The van der Waals surface area contributed by atoms with Gasteiger partial charge in [0.2, 0.25) is 5.91 Å². The van der Waals surface area contributed by atoms with E-state index in [0.29, 0.717) is 18.2 Å². The summed E-state index contributed by atoms with van der Waals surface area (Å²) in [5.74, 6) is 0.186. The Hall–Kier alpha value is -2.97. The molecular weight excluding hydrogens is 460 g/mol. The van der Waals surface area contributed by atoms with Crippen LogP contribution in [0.5, 0.6) is 0 Å². The van der Waals surface area contributed by atoms with Gasteiger partial charge in [-0.2, -0.15) is 13.2 Å². The van der Waals surface area contributed by atoms with Crippen molar-refractivity contribution in [3.63, 3.8) is 0 Å². The third-order valence-electron chi connectivity index (χ3n) is 7.20. The first-order chi connectivity index (χ1) is 16.7. The molecule has 0 unspecified atom stereocenters. The number of hydrogen-bond donors (Lipinski definition) is 3. The van der Waals surface area contributed by atoms with Crippen LogP contribution in [-0.2, 0) is 11.0 Å². The van der Waals surface area contributed by atoms with Gasteiger partial charge in [-0.05, 0) is 86.9 Å². The van der Waals surface area contributed by atoms with Crippen LogP contribution in [-0.4, -0.2) is 31.6 Å². The molecule has 0 bridgehead atoms. The first-order valence-electron chi connectivity index (χ1n) is 12.2. The molecule has 1 aliphatic heterocycles. The standard InChI is InChI=1S/C26H32F4N4O/c27-19-3-8-22(9-4-19)34-13-11-18(12-14-34)25(35)32-16-17-1-5-20(6-2-17)33-21-7-10-24(31)23(15-21)26(28,29)30/h3-4,7-10,15,17-18,20,33H,1-2,5-6,11-14,16,31H2,(H,32,35). The quantitative estimate of drug-likeness (QED) is 0.372. The van der Waals surface area contributed by atoms with E-state index in [4.69, 9.17) is 5.73 Å². The maximum atomic E-state index is 13.1. The second kappa shape index (κ2) is 10.7. The lowest BCUT2D eigenvalue weighted by atomic mass is 9.85. The van der Waals surface area contributed by atoms with Crippen LogP contribution in [0.25, 0.3) is 0 Å². The lowest BCUT2D eigenvalue weighted by Gasteiger charge is -2.34. The Morgan fingerprint density at radius 3 is 2.26 bits per heavy atom. The molecule has 0 atom stereocenters. The van der Waals surface area contributed by atoms with Crippen molar-refractivity contribution in [1.29, 1.82) is 0 Å². The lowest BCUT2D eigenvalue weighted by molar-refractivity contribution is -0.136. The summed E-state index contributed by atoms with van der Waals surface area (Å²) in [6.45, 7) is 2.16. The minimum atomic E-state index is -4.48. The Morgan fingerprint density at radius 1 is 0.971 bits per heavy atom. The first-order valence-corrected chi connectivity index (χ1v) is 12.2. The number of carbonyl (C=O) groups is 1. The highest BCUT2D eigenvalue weighted by Gasteiger charge is 2.33. The van der Waals surface area contributed by atoms with E-state index in [1.54, 1.807) is 18.2 Å². The van der Waals surface area contributed by atoms with Crippen molar-refractivity contribution in [3.05, 3.63) is 53.8 Å². The number of nitrogens with zero attached hydrogens (tertiary/aromatic N) is 1. The van der Waals surface area contributed by atoms with Crippen LogP contribution in [0.1, 0.15) is 44.1 Å². The topological polar surface area (TPSA) is 70.4 Å². The summed E-state index contributed by atoms with van der Waals surface area (Å²) in [4.78, 5) is 14.9. The fourth-order valence-corrected chi connectivity index (χ4v) is 5.08. The molecule has 0 aromatic heterocycles. The molecule has 9 heteroatoms. The highest BCUT2D eigenvalue weighted by Crippen LogP contribution is 2.36. The van der Waals surface area contributed by atoms with Gasteiger partial charge >= 0.3 is 6.18 Å². The highest BCUT2D eigenvalue weighted by atomic mass is 19.4. The van der Waals surface area contributed by atoms with Crippen molar-refractivity contribution in [1.82, 2.24) is 5.32 Å². The van der Waals surface area contributed by atoms with E-state index in [9.17, 15) is 22.4 Å². The molecule has 4 rings (SSSR count). The van der Waals surface area contributed by atoms with Crippen LogP contribution in [0.2, 0.25) is 0 Å². The Balaban J connectivity index is 1.17. The number of piperidine rings is 1. The van der Waals surface area contributed by atoms with E-state index in [-0.39, 0.29) is 29.4 Å². The van der Waals surface area contributed by atoms with Crippen LogP contribution in [0.3, 0.4) is 0 Å². The zero-order valence-electron chi connectivity index (χ0n) is 19.6. The number of anilines is 3. The summed E-state index contributed by atoms with van der Waals surface area (Å²) in [7, 11) is 0. The molecule has 2 aliphatic rings. The summed E-state index contributed by atoms with van der Waals surface area (Å²) in [5.41, 5.74) is 5.79. The number of nitrogens with one attached hydrogen (secondary N) is 2. The Kier molecular flexibility index (Phi) is 7.72. The number of halogens is 4. The van der Waals surface area contributed by atoms with Gasteiger partial charge in [0.05, 0.1) is 5.56 Å². The van der Waals surface area contributed by atoms with Gasteiger partial charge in [0.1, 0.15) is 5.82 Å². The molecule has 2 aromatic rings. The second-order valence-electron chi connectivity index (χ2n) is 9.64. The van der Waals surface area contributed by atoms with Crippen molar-refractivity contribution < 1.29 is 22.4 Å². The third kappa shape index (κ3) is 6.58. The number of benzene rings is 2. The van der Waals surface area contributed by atoms with Crippen molar-refractivity contribution in [2.75, 3.05) is 35.6 Å². The average molecular weight is 493 g/mol. The summed E-state index contributed by atoms with van der Waals surface area (Å²) in [5, 5.41) is 6.32. The van der Waals surface area contributed by atoms with Gasteiger partial charge in [-0.3, -0.25) is 4.79 Å². The molecule has 0 spiro atoms. The number of nitrogens with two attached hydrogens (primary N) is 1. The van der Waals surface area contributed by atoms with Crippen molar-refractivity contribution in [3.8, 4) is 0 Å². The van der Waals surface area contributed by atoms with Gasteiger partial charge in [-0.1, -0.05) is 0 Å². The average Bonchev–Trinajstić information content (AvgIpc) is 2.84. The van der Waals surface area contributed by atoms with E-state index >= 15 is 0 Å². The Morgan fingerprint density at radius 2 is 1.63 bits per heavy atom. The van der Waals surface area contributed by atoms with E-state index in [0.717, 1.165) is 63.4 Å². The Bertz CT molecular complexity index is 995. The highest BCUT2D eigenvalue weighted by molar-refractivity contribution is 5.79. The zero-order chi connectivity index (χ0) is 25.0. The summed E-state index contributed by atoms with van der Waals surface area (Å²) in [6, 6.07) is 10.5. The van der Waals surface area contributed by atoms with Gasteiger partial charge in [0.25, 0.3) is 0 Å². The normalized spacial score (nSPS) is 21.5. The molecule has 1 amide bonds. The van der Waals surface area contributed by atoms with Crippen molar-refractivity contribution in [2.24, 2.45) is 11.8 Å². The van der Waals surface area contributed by atoms with Crippen LogP contribution in [0.15, 0.2) is 42.5 Å². The molecule has 2 aromatic carbocycles. The van der Waals surface area contributed by atoms with Gasteiger partial charge in [-0.15, -0.1) is 0 Å². The summed E-state index contributed by atoms with van der Waals surface area (Å²) < 4.78 is 52.4. The lowest BCUT2D eigenvalue weighted by Crippen LogP contribution is -2.42. The van der Waals surface area contributed by atoms with Crippen LogP contribution >= 0.6 is 0 Å². The number of carbonyl (C=O) groups excluding carboxylic acids is 1. The molecule has 190 valence electrons. The Labute approximate surface area is 203 Å². The predicted molar refractivity (Wildman–Crippen MR) is 130 cm³/mol. The first kappa shape index (κ1) is 25.1. The molecule has 2 fully saturated rings. The number of nitrogen functional groups attached to an aromatic ring is 1. The predicted octanol–water partition coefficient (Wildman–Crippen LogP) is 5.43.